The molecule has 0 saturated carbocycles. The van der Waals surface area contributed by atoms with E-state index < -0.39 is 4.92 Å². The van der Waals surface area contributed by atoms with Crippen LogP contribution < -0.4 is 10.3 Å². The van der Waals surface area contributed by atoms with Gasteiger partial charge in [0.15, 0.2) is 5.82 Å². The Bertz CT molecular complexity index is 789. The summed E-state index contributed by atoms with van der Waals surface area (Å²) in [6.45, 7) is 4.71. The third-order valence-corrected chi connectivity index (χ3v) is 3.61. The summed E-state index contributed by atoms with van der Waals surface area (Å²) in [7, 11) is 0. The molecule has 1 aliphatic rings. The topological polar surface area (TPSA) is 106 Å². The highest BCUT2D eigenvalue weighted by atomic mass is 16.6. The molecule has 1 saturated heterocycles. The number of aromatic nitrogens is 2. The molecule has 2 aromatic rings. The Morgan fingerprint density at radius 2 is 2.12 bits per heavy atom. The van der Waals surface area contributed by atoms with Crippen molar-refractivity contribution in [1.82, 2.24) is 9.97 Å². The van der Waals surface area contributed by atoms with E-state index >= 15 is 0 Å². The number of nitrogens with one attached hydrogen (secondary N) is 1. The van der Waals surface area contributed by atoms with Crippen LogP contribution in [0.5, 0.6) is 0 Å². The van der Waals surface area contributed by atoms with Crippen molar-refractivity contribution in [2.45, 2.75) is 6.92 Å². The van der Waals surface area contributed by atoms with Crippen molar-refractivity contribution >= 4 is 23.7 Å². The van der Waals surface area contributed by atoms with E-state index in [-0.39, 0.29) is 5.69 Å². The monoisotopic (exact) mass is 342 g/mol. The lowest BCUT2D eigenvalue weighted by atomic mass is 10.2. The highest BCUT2D eigenvalue weighted by Gasteiger charge is 2.14. The molecule has 3 rings (SSSR count). The van der Waals surface area contributed by atoms with Crippen molar-refractivity contribution in [3.05, 3.63) is 51.7 Å². The Morgan fingerprint density at radius 1 is 1.32 bits per heavy atom. The second-order valence-electron chi connectivity index (χ2n) is 5.52. The molecule has 2 heterocycles. The highest BCUT2D eigenvalue weighted by Crippen LogP contribution is 2.15. The van der Waals surface area contributed by atoms with Gasteiger partial charge >= 0.3 is 0 Å². The molecule has 0 aliphatic carbocycles. The second kappa shape index (κ2) is 7.67. The quantitative estimate of drug-likeness (QED) is 0.503. The summed E-state index contributed by atoms with van der Waals surface area (Å²) in [5.41, 5.74) is 4.33. The largest absolute Gasteiger partial charge is 0.378 e. The molecule has 1 aliphatic heterocycles. The number of hydrogen-bond donors (Lipinski definition) is 1. The standard InChI is InChI=1S/C16H18N6O3/c1-12-9-15(19-16(18-12)21-5-7-25-8-6-21)20-17-11-13-3-2-4-14(10-13)22(23)24/h2-4,9-11H,5-8H2,1H3,(H,18,19,20)/b17-11-. The molecule has 9 heteroatoms. The zero-order valence-electron chi connectivity index (χ0n) is 13.8. The molecule has 1 N–H and O–H groups in total. The number of aryl methyl sites for hydroxylation is 1. The summed E-state index contributed by atoms with van der Waals surface area (Å²) < 4.78 is 5.34. The number of benzene rings is 1. The maximum absolute atomic E-state index is 10.8. The number of ether oxygens (including phenoxy) is 1. The molecule has 0 radical (unpaired) electrons. The number of anilines is 2. The first-order valence-electron chi connectivity index (χ1n) is 7.84. The van der Waals surface area contributed by atoms with Crippen LogP contribution in [0.15, 0.2) is 35.4 Å². The van der Waals surface area contributed by atoms with Gasteiger partial charge in [0.05, 0.1) is 24.4 Å². The van der Waals surface area contributed by atoms with E-state index in [1.54, 1.807) is 18.2 Å². The van der Waals surface area contributed by atoms with Gasteiger partial charge in [-0.15, -0.1) is 0 Å². The molecule has 25 heavy (non-hydrogen) atoms. The number of morpholine rings is 1. The molecular formula is C16H18N6O3. The summed E-state index contributed by atoms with van der Waals surface area (Å²) in [6.07, 6.45) is 1.51. The molecule has 0 bridgehead atoms. The van der Waals surface area contributed by atoms with Crippen LogP contribution in [0, 0.1) is 17.0 Å². The van der Waals surface area contributed by atoms with Crippen molar-refractivity contribution in [3.8, 4) is 0 Å². The molecule has 0 unspecified atom stereocenters. The summed E-state index contributed by atoms with van der Waals surface area (Å²) in [5.74, 6) is 1.20. The zero-order chi connectivity index (χ0) is 17.6. The minimum absolute atomic E-state index is 0.0245. The number of hydrogen-bond acceptors (Lipinski definition) is 8. The first kappa shape index (κ1) is 16.8. The third kappa shape index (κ3) is 4.48. The SMILES string of the molecule is Cc1cc(N/N=C\c2cccc([N+](=O)[O-])c2)nc(N2CCOCC2)n1. The van der Waals surface area contributed by atoms with E-state index in [2.05, 4.69) is 25.4 Å². The van der Waals surface area contributed by atoms with E-state index in [1.807, 2.05) is 6.92 Å². The predicted octanol–water partition coefficient (Wildman–Crippen LogP) is 1.98. The number of nitro groups is 1. The lowest BCUT2D eigenvalue weighted by molar-refractivity contribution is -0.384. The fourth-order valence-corrected chi connectivity index (χ4v) is 2.41. The van der Waals surface area contributed by atoms with Crippen molar-refractivity contribution in [2.75, 3.05) is 36.6 Å². The molecule has 0 spiro atoms. The first-order valence-corrected chi connectivity index (χ1v) is 7.84. The van der Waals surface area contributed by atoms with Gasteiger partial charge in [-0.3, -0.25) is 15.5 Å². The molecule has 1 fully saturated rings. The first-order chi connectivity index (χ1) is 12.1. The Hall–Kier alpha value is -3.07. The van der Waals surface area contributed by atoms with Gasteiger partial charge in [-0.05, 0) is 6.92 Å². The van der Waals surface area contributed by atoms with E-state index in [4.69, 9.17) is 4.74 Å². The van der Waals surface area contributed by atoms with Gasteiger partial charge in [0.25, 0.3) is 5.69 Å². The number of rotatable bonds is 5. The van der Waals surface area contributed by atoms with Crippen LogP contribution >= 0.6 is 0 Å². The fraction of sp³-hybridized carbons (Fsp3) is 0.312. The van der Waals surface area contributed by atoms with Gasteiger partial charge in [0.2, 0.25) is 5.95 Å². The second-order valence-corrected chi connectivity index (χ2v) is 5.52. The Morgan fingerprint density at radius 3 is 2.88 bits per heavy atom. The molecule has 130 valence electrons. The molecule has 0 atom stereocenters. The summed E-state index contributed by atoms with van der Waals surface area (Å²) in [5, 5.41) is 14.9. The number of non-ortho nitro benzene ring substituents is 1. The van der Waals surface area contributed by atoms with Crippen LogP contribution in [0.4, 0.5) is 17.5 Å². The van der Waals surface area contributed by atoms with Crippen LogP contribution in [-0.4, -0.2) is 47.4 Å². The van der Waals surface area contributed by atoms with Crippen molar-refractivity contribution in [1.29, 1.82) is 0 Å². The third-order valence-electron chi connectivity index (χ3n) is 3.61. The minimum Gasteiger partial charge on any atom is -0.378 e. The molecule has 1 aromatic heterocycles. The van der Waals surface area contributed by atoms with Crippen LogP contribution in [-0.2, 0) is 4.74 Å². The average molecular weight is 342 g/mol. The van der Waals surface area contributed by atoms with Gasteiger partial charge in [0, 0.05) is 42.5 Å². The van der Waals surface area contributed by atoms with E-state index in [9.17, 15) is 10.1 Å². The van der Waals surface area contributed by atoms with Gasteiger partial charge < -0.3 is 9.64 Å². The van der Waals surface area contributed by atoms with Crippen molar-refractivity contribution in [2.24, 2.45) is 5.10 Å². The zero-order valence-corrected chi connectivity index (χ0v) is 13.8. The number of hydrazone groups is 1. The minimum atomic E-state index is -0.437. The fourth-order valence-electron chi connectivity index (χ4n) is 2.41. The molecule has 0 amide bonds. The predicted molar refractivity (Wildman–Crippen MR) is 94.1 cm³/mol. The van der Waals surface area contributed by atoms with Crippen molar-refractivity contribution in [3.63, 3.8) is 0 Å². The average Bonchev–Trinajstić information content (AvgIpc) is 2.62. The highest BCUT2D eigenvalue weighted by molar-refractivity contribution is 5.81. The molecule has 1 aromatic carbocycles. The Balaban J connectivity index is 1.71. The summed E-state index contributed by atoms with van der Waals surface area (Å²) in [6, 6.07) is 8.03. The van der Waals surface area contributed by atoms with Crippen molar-refractivity contribution < 1.29 is 9.66 Å². The number of nitro benzene ring substituents is 1. The maximum Gasteiger partial charge on any atom is 0.270 e. The van der Waals surface area contributed by atoms with Crippen LogP contribution in [0.3, 0.4) is 0 Å². The Kier molecular flexibility index (Phi) is 5.14. The normalized spacial score (nSPS) is 14.7. The van der Waals surface area contributed by atoms with E-state index in [0.717, 1.165) is 18.8 Å². The van der Waals surface area contributed by atoms with Crippen LogP contribution in [0.1, 0.15) is 11.3 Å². The maximum atomic E-state index is 10.8. The van der Waals surface area contributed by atoms with Crippen LogP contribution in [0.25, 0.3) is 0 Å². The summed E-state index contributed by atoms with van der Waals surface area (Å²) in [4.78, 5) is 21.3. The van der Waals surface area contributed by atoms with Gasteiger partial charge in [-0.25, -0.2) is 4.98 Å². The lowest BCUT2D eigenvalue weighted by Gasteiger charge is -2.27. The van der Waals surface area contributed by atoms with Gasteiger partial charge in [-0.2, -0.15) is 10.1 Å². The smallest absolute Gasteiger partial charge is 0.270 e. The van der Waals surface area contributed by atoms with Crippen LogP contribution in [0.2, 0.25) is 0 Å². The summed E-state index contributed by atoms with van der Waals surface area (Å²) >= 11 is 0. The van der Waals surface area contributed by atoms with Gasteiger partial charge in [0.1, 0.15) is 0 Å². The lowest BCUT2D eigenvalue weighted by Crippen LogP contribution is -2.37. The Labute approximate surface area is 144 Å². The van der Waals surface area contributed by atoms with E-state index in [0.29, 0.717) is 30.5 Å². The molecule has 9 nitrogen and oxygen atoms in total. The number of nitrogens with zero attached hydrogens (tertiary/aromatic N) is 5. The molecular weight excluding hydrogens is 324 g/mol. The van der Waals surface area contributed by atoms with E-state index in [1.165, 1.54) is 18.3 Å². The van der Waals surface area contributed by atoms with Gasteiger partial charge in [-0.1, -0.05) is 12.1 Å².